The zero-order valence-electron chi connectivity index (χ0n) is 23.6. The predicted octanol–water partition coefficient (Wildman–Crippen LogP) is 5.67. The van der Waals surface area contributed by atoms with Crippen molar-refractivity contribution in [1.29, 1.82) is 0 Å². The van der Waals surface area contributed by atoms with Gasteiger partial charge in [-0.2, -0.15) is 0 Å². The lowest BCUT2D eigenvalue weighted by Gasteiger charge is -2.19. The third kappa shape index (κ3) is 7.55. The number of fused-ring (bicyclic) bond motifs is 1. The molecule has 0 aliphatic carbocycles. The summed E-state index contributed by atoms with van der Waals surface area (Å²) in [7, 11) is 6.23. The average Bonchev–Trinajstić information content (AvgIpc) is 3.25. The van der Waals surface area contributed by atoms with Gasteiger partial charge in [0.15, 0.2) is 5.88 Å². The highest BCUT2D eigenvalue weighted by molar-refractivity contribution is 6.21. The van der Waals surface area contributed by atoms with Gasteiger partial charge in [-0.3, -0.25) is 4.79 Å². The molecule has 40 heavy (non-hydrogen) atoms. The molecule has 0 bridgehead atoms. The fourth-order valence-electron chi connectivity index (χ4n) is 4.58. The van der Waals surface area contributed by atoms with Crippen molar-refractivity contribution in [3.63, 3.8) is 0 Å². The van der Waals surface area contributed by atoms with Gasteiger partial charge in [-0.15, -0.1) is 0 Å². The highest BCUT2D eigenvalue weighted by Crippen LogP contribution is 2.32. The number of aromatic nitrogens is 1. The Morgan fingerprint density at radius 1 is 1.00 bits per heavy atom. The summed E-state index contributed by atoms with van der Waals surface area (Å²) in [6.07, 6.45) is 0.785. The molecule has 210 valence electrons. The van der Waals surface area contributed by atoms with Crippen LogP contribution < -0.4 is 0 Å². The summed E-state index contributed by atoms with van der Waals surface area (Å²) >= 11 is 0. The lowest BCUT2D eigenvalue weighted by Crippen LogP contribution is -2.28. The highest BCUT2D eigenvalue weighted by Gasteiger charge is 2.20. The van der Waals surface area contributed by atoms with Crippen LogP contribution in [0.25, 0.3) is 10.9 Å². The zero-order valence-corrected chi connectivity index (χ0v) is 23.6. The molecule has 4 aromatic rings. The molecular formula is C32H37FN4O3. The molecule has 0 saturated carbocycles. The second-order valence-electron chi connectivity index (χ2n) is 10.2. The molecular weight excluding hydrogens is 507 g/mol. The molecule has 0 fully saturated rings. The van der Waals surface area contributed by atoms with E-state index in [-0.39, 0.29) is 18.3 Å². The summed E-state index contributed by atoms with van der Waals surface area (Å²) in [5.41, 5.74) is 5.13. The fourth-order valence-corrected chi connectivity index (χ4v) is 4.58. The van der Waals surface area contributed by atoms with Crippen molar-refractivity contribution in [2.45, 2.75) is 26.3 Å². The summed E-state index contributed by atoms with van der Waals surface area (Å²) in [4.78, 5) is 24.2. The normalized spacial score (nSPS) is 12.0. The predicted molar refractivity (Wildman–Crippen MR) is 158 cm³/mol. The van der Waals surface area contributed by atoms with E-state index in [0.717, 1.165) is 36.4 Å². The van der Waals surface area contributed by atoms with E-state index >= 15 is 0 Å². The van der Waals surface area contributed by atoms with Crippen molar-refractivity contribution in [2.75, 3.05) is 40.8 Å². The molecule has 0 spiro atoms. The van der Waals surface area contributed by atoms with Crippen LogP contribution >= 0.6 is 0 Å². The van der Waals surface area contributed by atoms with E-state index < -0.39 is 5.82 Å². The fraction of sp³-hybridized carbons (Fsp3) is 0.312. The maximum Gasteiger partial charge on any atom is 0.306 e. The van der Waals surface area contributed by atoms with Gasteiger partial charge in [0.2, 0.25) is 0 Å². The molecule has 0 unspecified atom stereocenters. The molecule has 0 radical (unpaired) electrons. The van der Waals surface area contributed by atoms with Crippen LogP contribution in [0, 0.1) is 5.82 Å². The second-order valence-corrected chi connectivity index (χ2v) is 10.2. The van der Waals surface area contributed by atoms with Crippen LogP contribution in [0.3, 0.4) is 0 Å². The molecule has 8 heteroatoms. The van der Waals surface area contributed by atoms with Gasteiger partial charge in [0.1, 0.15) is 5.82 Å². The van der Waals surface area contributed by atoms with Crippen LogP contribution in [-0.4, -0.2) is 72.4 Å². The molecule has 0 saturated heterocycles. The van der Waals surface area contributed by atoms with Crippen molar-refractivity contribution in [2.24, 2.45) is 4.99 Å². The quantitative estimate of drug-likeness (QED) is 0.177. The molecule has 1 aromatic heterocycles. The van der Waals surface area contributed by atoms with Crippen LogP contribution in [0.1, 0.15) is 35.6 Å². The third-order valence-corrected chi connectivity index (χ3v) is 6.66. The number of nitrogens with one attached hydrogen (secondary N) is 1. The number of carbonyl (C=O) groups is 1. The number of H-pyrrole nitrogens is 1. The number of rotatable bonds is 12. The molecule has 0 aliphatic rings. The van der Waals surface area contributed by atoms with Gasteiger partial charge < -0.3 is 24.6 Å². The number of hydrogen-bond acceptors (Lipinski definition) is 6. The summed E-state index contributed by atoms with van der Waals surface area (Å²) < 4.78 is 19.0. The number of carbonyl (C=O) groups excluding carboxylic acids is 1. The van der Waals surface area contributed by atoms with Crippen LogP contribution in [-0.2, 0) is 22.5 Å². The van der Waals surface area contributed by atoms with Crippen LogP contribution in [0.5, 0.6) is 5.88 Å². The Morgan fingerprint density at radius 2 is 1.77 bits per heavy atom. The number of esters is 1. The third-order valence-electron chi connectivity index (χ3n) is 6.66. The Balaban J connectivity index is 1.70. The van der Waals surface area contributed by atoms with Crippen LogP contribution in [0.15, 0.2) is 71.7 Å². The van der Waals surface area contributed by atoms with Gasteiger partial charge in [0.05, 0.1) is 29.1 Å². The summed E-state index contributed by atoms with van der Waals surface area (Å²) in [5, 5.41) is 11.6. The van der Waals surface area contributed by atoms with E-state index in [2.05, 4.69) is 48.1 Å². The van der Waals surface area contributed by atoms with E-state index in [1.54, 1.807) is 13.0 Å². The maximum absolute atomic E-state index is 13.9. The Hall–Kier alpha value is -4.01. The Kier molecular flexibility index (Phi) is 9.69. The summed E-state index contributed by atoms with van der Waals surface area (Å²) in [6, 6.07) is 20.2. The van der Waals surface area contributed by atoms with Crippen molar-refractivity contribution >= 4 is 28.3 Å². The number of likely N-dealkylation sites (N-methyl/N-ethyl adjacent to an activating group) is 2. The minimum absolute atomic E-state index is 0.0876. The van der Waals surface area contributed by atoms with E-state index in [9.17, 15) is 14.3 Å². The molecule has 0 atom stereocenters. The first-order valence-electron chi connectivity index (χ1n) is 13.5. The molecule has 3 aromatic carbocycles. The van der Waals surface area contributed by atoms with Crippen molar-refractivity contribution in [1.82, 2.24) is 14.8 Å². The van der Waals surface area contributed by atoms with Crippen LogP contribution in [0.4, 0.5) is 10.1 Å². The highest BCUT2D eigenvalue weighted by atomic mass is 19.1. The number of aryl methyl sites for hydroxylation is 1. The van der Waals surface area contributed by atoms with Crippen molar-refractivity contribution in [3.05, 3.63) is 94.8 Å². The molecule has 4 rings (SSSR count). The molecule has 0 amide bonds. The Labute approximate surface area is 234 Å². The summed E-state index contributed by atoms with van der Waals surface area (Å²) in [5.74, 6) is -0.730. The maximum atomic E-state index is 13.9. The first kappa shape index (κ1) is 29.0. The van der Waals surface area contributed by atoms with Gasteiger partial charge in [-0.05, 0) is 82.0 Å². The lowest BCUT2D eigenvalue weighted by atomic mass is 9.97. The largest absolute Gasteiger partial charge is 0.494 e. The Bertz CT molecular complexity index is 1480. The van der Waals surface area contributed by atoms with E-state index in [1.165, 1.54) is 17.7 Å². The molecule has 2 N–H and O–H groups in total. The standard InChI is InChI=1S/C32H37FN4O3/c1-5-40-29(38)16-11-22-7-6-8-24(19-22)31(30-27-15-12-25(33)20-28(27)35-32(30)39)34-26-13-9-23(10-14-26)21-37(4)18-17-36(2)3/h6-10,12-15,19-20,35,39H,5,11,16-18,21H2,1-4H3. The Morgan fingerprint density at radius 3 is 2.50 bits per heavy atom. The van der Waals surface area contributed by atoms with E-state index in [0.29, 0.717) is 35.2 Å². The van der Waals surface area contributed by atoms with Gasteiger partial charge in [-0.1, -0.05) is 30.3 Å². The van der Waals surface area contributed by atoms with Crippen LogP contribution in [0.2, 0.25) is 0 Å². The number of nitrogens with zero attached hydrogens (tertiary/aromatic N) is 3. The number of benzene rings is 3. The minimum atomic E-state index is -0.397. The number of aromatic amines is 1. The van der Waals surface area contributed by atoms with E-state index in [1.807, 2.05) is 36.4 Å². The smallest absolute Gasteiger partial charge is 0.306 e. The topological polar surface area (TPSA) is 81.2 Å². The van der Waals surface area contributed by atoms with Gasteiger partial charge in [0.25, 0.3) is 0 Å². The number of aliphatic imine (C=N–C) groups is 1. The van der Waals surface area contributed by atoms with Gasteiger partial charge in [0, 0.05) is 37.0 Å². The van der Waals surface area contributed by atoms with Crippen molar-refractivity contribution < 1.29 is 19.0 Å². The number of ether oxygens (including phenoxy) is 1. The van der Waals surface area contributed by atoms with Crippen molar-refractivity contribution in [3.8, 4) is 5.88 Å². The number of halogens is 1. The molecule has 7 nitrogen and oxygen atoms in total. The summed E-state index contributed by atoms with van der Waals surface area (Å²) in [6.45, 7) is 4.91. The van der Waals surface area contributed by atoms with Gasteiger partial charge in [-0.25, -0.2) is 9.38 Å². The number of aromatic hydroxyl groups is 1. The minimum Gasteiger partial charge on any atom is -0.494 e. The zero-order chi connectivity index (χ0) is 28.6. The molecule has 0 aliphatic heterocycles. The lowest BCUT2D eigenvalue weighted by molar-refractivity contribution is -0.143. The molecule has 1 heterocycles. The monoisotopic (exact) mass is 544 g/mol. The average molecular weight is 545 g/mol. The number of hydrogen-bond donors (Lipinski definition) is 2. The van der Waals surface area contributed by atoms with Gasteiger partial charge >= 0.3 is 5.97 Å². The van der Waals surface area contributed by atoms with E-state index in [4.69, 9.17) is 9.73 Å². The second kappa shape index (κ2) is 13.4. The first-order valence-corrected chi connectivity index (χ1v) is 13.5. The first-order chi connectivity index (χ1) is 19.2. The SMILES string of the molecule is CCOC(=O)CCc1cccc(C(=Nc2ccc(CN(C)CCN(C)C)cc2)c2c(O)[nH]c3cc(F)ccc23)c1.